The number of aryl methyl sites for hydroxylation is 1. The minimum absolute atomic E-state index is 0.0406. The molecule has 0 aliphatic carbocycles. The maximum Gasteiger partial charge on any atom is 0.413 e. The van der Waals surface area contributed by atoms with Crippen LogP contribution < -0.4 is 5.32 Å². The molecule has 0 atom stereocenters. The van der Waals surface area contributed by atoms with E-state index < -0.39 is 6.09 Å². The monoisotopic (exact) mass is 418 g/mol. The molecule has 1 aromatic carbocycles. The minimum Gasteiger partial charge on any atom is -0.447 e. The second-order valence-corrected chi connectivity index (χ2v) is 7.40. The molecule has 28 heavy (non-hydrogen) atoms. The van der Waals surface area contributed by atoms with E-state index in [1.54, 1.807) is 25.4 Å². The van der Waals surface area contributed by atoms with E-state index in [0.29, 0.717) is 35.1 Å². The largest absolute Gasteiger partial charge is 0.447 e. The van der Waals surface area contributed by atoms with Crippen LogP contribution in [0.2, 0.25) is 5.02 Å². The molecule has 0 spiro atoms. The van der Waals surface area contributed by atoms with Crippen molar-refractivity contribution in [1.29, 1.82) is 0 Å². The van der Waals surface area contributed by atoms with E-state index in [9.17, 15) is 9.59 Å². The van der Waals surface area contributed by atoms with Gasteiger partial charge in [-0.15, -0.1) is 0 Å². The van der Waals surface area contributed by atoms with Gasteiger partial charge in [0.2, 0.25) is 5.91 Å². The summed E-state index contributed by atoms with van der Waals surface area (Å²) in [6.07, 6.45) is 1.96. The van der Waals surface area contributed by atoms with Crippen molar-refractivity contribution in [3.05, 3.63) is 53.2 Å². The third kappa shape index (κ3) is 5.40. The molecule has 2 heterocycles. The molecule has 146 valence electrons. The lowest BCUT2D eigenvalue weighted by molar-refractivity contribution is -0.130. The molecule has 0 saturated carbocycles. The average molecular weight is 419 g/mol. The van der Waals surface area contributed by atoms with E-state index >= 15 is 0 Å². The van der Waals surface area contributed by atoms with Crippen molar-refractivity contribution in [1.82, 2.24) is 14.9 Å². The molecule has 0 aliphatic rings. The Balaban J connectivity index is 1.39. The van der Waals surface area contributed by atoms with Crippen LogP contribution in [0.5, 0.6) is 0 Å². The quantitative estimate of drug-likeness (QED) is 0.627. The molecule has 7 nitrogen and oxygen atoms in total. The fourth-order valence-electron chi connectivity index (χ4n) is 2.48. The summed E-state index contributed by atoms with van der Waals surface area (Å²) in [6, 6.07) is 11.1. The highest BCUT2D eigenvalue weighted by Gasteiger charge is 2.12. The fraction of sp³-hybridized carbons (Fsp3) is 0.263. The maximum atomic E-state index is 12.2. The second kappa shape index (κ2) is 9.48. The number of nitrogens with zero attached hydrogens (tertiary/aromatic N) is 3. The number of amides is 2. The number of likely N-dealkylation sites (N-methyl/N-ethyl adjacent to an activating group) is 1. The first-order valence-electron chi connectivity index (χ1n) is 8.65. The number of carbonyl (C=O) groups is 2. The summed E-state index contributed by atoms with van der Waals surface area (Å²) in [6.45, 7) is 0.388. The average Bonchev–Trinajstić information content (AvgIpc) is 3.09. The summed E-state index contributed by atoms with van der Waals surface area (Å²) >= 11 is 7.37. The van der Waals surface area contributed by atoms with Crippen molar-refractivity contribution in [2.24, 2.45) is 0 Å². The van der Waals surface area contributed by atoms with E-state index in [1.807, 2.05) is 24.3 Å². The summed E-state index contributed by atoms with van der Waals surface area (Å²) in [5.41, 5.74) is 1.65. The van der Waals surface area contributed by atoms with Crippen LogP contribution in [0.4, 0.5) is 9.93 Å². The van der Waals surface area contributed by atoms with E-state index in [1.165, 1.54) is 16.2 Å². The van der Waals surface area contributed by atoms with Crippen LogP contribution >= 0.6 is 22.9 Å². The first-order valence-corrected chi connectivity index (χ1v) is 9.85. The van der Waals surface area contributed by atoms with E-state index in [2.05, 4.69) is 15.3 Å². The van der Waals surface area contributed by atoms with E-state index in [0.717, 1.165) is 10.4 Å². The van der Waals surface area contributed by atoms with Crippen LogP contribution in [0.25, 0.3) is 10.3 Å². The Bertz CT molecular complexity index is 945. The third-order valence-electron chi connectivity index (χ3n) is 4.03. The van der Waals surface area contributed by atoms with Gasteiger partial charge in [-0.2, -0.15) is 0 Å². The predicted molar refractivity (Wildman–Crippen MR) is 110 cm³/mol. The predicted octanol–water partition coefficient (Wildman–Crippen LogP) is 3.98. The van der Waals surface area contributed by atoms with Gasteiger partial charge in [-0.1, -0.05) is 41.1 Å². The number of anilines is 1. The Labute approximate surface area is 171 Å². The molecule has 2 aromatic heterocycles. The molecule has 1 N–H and O–H groups in total. The van der Waals surface area contributed by atoms with Crippen molar-refractivity contribution in [2.75, 3.05) is 25.5 Å². The number of aromatic nitrogens is 2. The van der Waals surface area contributed by atoms with Crippen molar-refractivity contribution in [3.63, 3.8) is 0 Å². The SMILES string of the molecule is CN(CCOC(=O)Nc1nc2cccnc2s1)C(=O)CCc1ccccc1Cl. The highest BCUT2D eigenvalue weighted by Crippen LogP contribution is 2.23. The second-order valence-electron chi connectivity index (χ2n) is 6.01. The summed E-state index contributed by atoms with van der Waals surface area (Å²) in [4.78, 5) is 34.8. The van der Waals surface area contributed by atoms with Gasteiger partial charge in [0.1, 0.15) is 17.0 Å². The maximum absolute atomic E-state index is 12.2. The standard InChI is InChI=1S/C19H19ClN4O3S/c1-24(16(25)9-8-13-5-2-3-6-14(13)20)11-12-27-19(26)23-18-22-15-7-4-10-21-17(15)28-18/h2-7,10H,8-9,11-12H2,1H3,(H,22,23,26). The molecular formula is C19H19ClN4O3S. The molecule has 3 rings (SSSR count). The molecule has 2 amide bonds. The summed E-state index contributed by atoms with van der Waals surface area (Å²) in [7, 11) is 1.68. The number of halogens is 1. The lowest BCUT2D eigenvalue weighted by Crippen LogP contribution is -2.31. The number of benzene rings is 1. The van der Waals surface area contributed by atoms with E-state index in [-0.39, 0.29) is 12.5 Å². The molecule has 0 aliphatic heterocycles. The van der Waals surface area contributed by atoms with Gasteiger partial charge < -0.3 is 9.64 Å². The van der Waals surface area contributed by atoms with Crippen molar-refractivity contribution in [2.45, 2.75) is 12.8 Å². The number of nitrogens with one attached hydrogen (secondary N) is 1. The van der Waals surface area contributed by atoms with Gasteiger partial charge in [-0.05, 0) is 30.2 Å². The first kappa shape index (κ1) is 20.0. The van der Waals surface area contributed by atoms with Crippen LogP contribution in [0.3, 0.4) is 0 Å². The van der Waals surface area contributed by atoms with Crippen molar-refractivity contribution in [3.8, 4) is 0 Å². The summed E-state index contributed by atoms with van der Waals surface area (Å²) in [5, 5.41) is 3.65. The Morgan fingerprint density at radius 2 is 2.07 bits per heavy atom. The van der Waals surface area contributed by atoms with Gasteiger partial charge in [-0.3, -0.25) is 10.1 Å². The Hall–Kier alpha value is -2.71. The Morgan fingerprint density at radius 3 is 2.86 bits per heavy atom. The molecular weight excluding hydrogens is 400 g/mol. The minimum atomic E-state index is -0.615. The topological polar surface area (TPSA) is 84.4 Å². The van der Waals surface area contributed by atoms with Gasteiger partial charge in [0.15, 0.2) is 5.13 Å². The van der Waals surface area contributed by atoms with Crippen LogP contribution in [0.1, 0.15) is 12.0 Å². The molecule has 9 heteroatoms. The highest BCUT2D eigenvalue weighted by atomic mass is 35.5. The number of hydrogen-bond donors (Lipinski definition) is 1. The van der Waals surface area contributed by atoms with Gasteiger partial charge in [0.25, 0.3) is 0 Å². The molecule has 0 saturated heterocycles. The lowest BCUT2D eigenvalue weighted by Gasteiger charge is -2.17. The molecule has 0 radical (unpaired) electrons. The number of rotatable bonds is 7. The van der Waals surface area contributed by atoms with E-state index in [4.69, 9.17) is 16.3 Å². The van der Waals surface area contributed by atoms with Crippen molar-refractivity contribution < 1.29 is 14.3 Å². The molecule has 0 bridgehead atoms. The highest BCUT2D eigenvalue weighted by molar-refractivity contribution is 7.21. The van der Waals surface area contributed by atoms with Gasteiger partial charge in [0.05, 0.1) is 6.54 Å². The number of thiazole rings is 1. The number of ether oxygens (including phenoxy) is 1. The van der Waals surface area contributed by atoms with Crippen LogP contribution in [0.15, 0.2) is 42.6 Å². The number of pyridine rings is 1. The Kier molecular flexibility index (Phi) is 6.78. The summed E-state index contributed by atoms with van der Waals surface area (Å²) in [5.74, 6) is -0.0406. The first-order chi connectivity index (χ1) is 13.5. The molecule has 0 fully saturated rings. The Morgan fingerprint density at radius 1 is 1.25 bits per heavy atom. The van der Waals surface area contributed by atoms with Gasteiger partial charge in [0, 0.05) is 24.7 Å². The molecule has 0 unspecified atom stereocenters. The van der Waals surface area contributed by atoms with Crippen molar-refractivity contribution >= 4 is 50.4 Å². The zero-order chi connectivity index (χ0) is 19.9. The fourth-order valence-corrected chi connectivity index (χ4v) is 3.50. The van der Waals surface area contributed by atoms with Crippen LogP contribution in [-0.2, 0) is 16.0 Å². The number of carbonyl (C=O) groups excluding carboxylic acids is 2. The summed E-state index contributed by atoms with van der Waals surface area (Å²) < 4.78 is 5.13. The van der Waals surface area contributed by atoms with Gasteiger partial charge >= 0.3 is 6.09 Å². The van der Waals surface area contributed by atoms with Crippen LogP contribution in [-0.4, -0.2) is 47.1 Å². The zero-order valence-corrected chi connectivity index (χ0v) is 16.8. The third-order valence-corrected chi connectivity index (χ3v) is 5.29. The zero-order valence-electron chi connectivity index (χ0n) is 15.2. The lowest BCUT2D eigenvalue weighted by atomic mass is 10.1. The van der Waals surface area contributed by atoms with Crippen LogP contribution in [0, 0.1) is 0 Å². The number of fused-ring (bicyclic) bond motifs is 1. The molecule has 3 aromatic rings. The smallest absolute Gasteiger partial charge is 0.413 e. The number of hydrogen-bond acceptors (Lipinski definition) is 6. The normalized spacial score (nSPS) is 10.6. The van der Waals surface area contributed by atoms with Gasteiger partial charge in [-0.25, -0.2) is 14.8 Å².